The van der Waals surface area contributed by atoms with Gasteiger partial charge in [-0.1, -0.05) is 31.7 Å². The molecule has 1 saturated carbocycles. The SMILES string of the molecule is Cc1ccc(NC(=O)[C@H](CC2CCCC2)n2cnc(C(F)(F)F)n2)nc1. The van der Waals surface area contributed by atoms with Crippen LogP contribution < -0.4 is 5.32 Å². The fraction of sp³-hybridized carbons (Fsp3) is 0.529. The van der Waals surface area contributed by atoms with E-state index in [9.17, 15) is 18.0 Å². The van der Waals surface area contributed by atoms with E-state index >= 15 is 0 Å². The van der Waals surface area contributed by atoms with Crippen molar-refractivity contribution in [1.82, 2.24) is 19.7 Å². The molecule has 9 heteroatoms. The molecule has 0 saturated heterocycles. The fourth-order valence-corrected chi connectivity index (χ4v) is 3.20. The Morgan fingerprint density at radius 2 is 2.04 bits per heavy atom. The molecule has 2 aromatic heterocycles. The first-order chi connectivity index (χ1) is 12.3. The smallest absolute Gasteiger partial charge is 0.309 e. The van der Waals surface area contributed by atoms with Gasteiger partial charge in [0.1, 0.15) is 18.2 Å². The van der Waals surface area contributed by atoms with Gasteiger partial charge >= 0.3 is 6.18 Å². The molecular weight excluding hydrogens is 347 g/mol. The predicted octanol–water partition coefficient (Wildman–Crippen LogP) is 3.76. The lowest BCUT2D eigenvalue weighted by atomic mass is 9.98. The van der Waals surface area contributed by atoms with Gasteiger partial charge in [-0.3, -0.25) is 4.79 Å². The molecule has 0 unspecified atom stereocenters. The van der Waals surface area contributed by atoms with Gasteiger partial charge in [-0.2, -0.15) is 13.2 Å². The van der Waals surface area contributed by atoms with Gasteiger partial charge in [-0.05, 0) is 30.9 Å². The van der Waals surface area contributed by atoms with Gasteiger partial charge in [0.25, 0.3) is 5.82 Å². The van der Waals surface area contributed by atoms with Crippen LogP contribution in [0.2, 0.25) is 0 Å². The quantitative estimate of drug-likeness (QED) is 0.873. The molecule has 1 amide bonds. The molecule has 0 aliphatic heterocycles. The highest BCUT2D eigenvalue weighted by molar-refractivity contribution is 5.92. The summed E-state index contributed by atoms with van der Waals surface area (Å²) in [7, 11) is 0. The molecule has 1 fully saturated rings. The summed E-state index contributed by atoms with van der Waals surface area (Å²) in [5, 5.41) is 6.17. The Balaban J connectivity index is 1.81. The Bertz CT molecular complexity index is 751. The van der Waals surface area contributed by atoms with Crippen LogP contribution in [0.1, 0.15) is 49.5 Å². The minimum Gasteiger partial charge on any atom is -0.309 e. The lowest BCUT2D eigenvalue weighted by molar-refractivity contribution is -0.145. The number of carbonyl (C=O) groups excluding carboxylic acids is 1. The monoisotopic (exact) mass is 367 g/mol. The third-order valence-corrected chi connectivity index (χ3v) is 4.58. The van der Waals surface area contributed by atoms with Crippen molar-refractivity contribution in [2.45, 2.75) is 51.2 Å². The lowest BCUT2D eigenvalue weighted by Crippen LogP contribution is -2.29. The van der Waals surface area contributed by atoms with Gasteiger partial charge in [0, 0.05) is 6.20 Å². The van der Waals surface area contributed by atoms with Crippen molar-refractivity contribution < 1.29 is 18.0 Å². The van der Waals surface area contributed by atoms with Crippen LogP contribution in [-0.4, -0.2) is 25.7 Å². The number of pyridine rings is 1. The second-order valence-corrected chi connectivity index (χ2v) is 6.66. The zero-order chi connectivity index (χ0) is 18.7. The third-order valence-electron chi connectivity index (χ3n) is 4.58. The van der Waals surface area contributed by atoms with E-state index in [0.717, 1.165) is 42.3 Å². The summed E-state index contributed by atoms with van der Waals surface area (Å²) in [6.45, 7) is 1.87. The van der Waals surface area contributed by atoms with Crippen LogP contribution in [0.3, 0.4) is 0 Å². The number of hydrogen-bond acceptors (Lipinski definition) is 4. The topological polar surface area (TPSA) is 72.7 Å². The van der Waals surface area contributed by atoms with Crippen molar-refractivity contribution in [3.63, 3.8) is 0 Å². The van der Waals surface area contributed by atoms with E-state index in [4.69, 9.17) is 0 Å². The highest BCUT2D eigenvalue weighted by Gasteiger charge is 2.37. The van der Waals surface area contributed by atoms with Crippen LogP contribution in [0.4, 0.5) is 19.0 Å². The number of aryl methyl sites for hydroxylation is 1. The molecule has 26 heavy (non-hydrogen) atoms. The Hall–Kier alpha value is -2.45. The molecule has 140 valence electrons. The second-order valence-electron chi connectivity index (χ2n) is 6.66. The second kappa shape index (κ2) is 7.43. The summed E-state index contributed by atoms with van der Waals surface area (Å²) in [5.41, 5.74) is 0.941. The van der Waals surface area contributed by atoms with Crippen LogP contribution in [0.5, 0.6) is 0 Å². The van der Waals surface area contributed by atoms with Crippen LogP contribution in [-0.2, 0) is 11.0 Å². The van der Waals surface area contributed by atoms with Crippen molar-refractivity contribution >= 4 is 11.7 Å². The maximum Gasteiger partial charge on any atom is 0.453 e. The average molecular weight is 367 g/mol. The van der Waals surface area contributed by atoms with E-state index in [2.05, 4.69) is 20.4 Å². The van der Waals surface area contributed by atoms with Crippen LogP contribution in [0, 0.1) is 12.8 Å². The average Bonchev–Trinajstić information content (AvgIpc) is 3.25. The Labute approximate surface area is 148 Å². The molecule has 1 N–H and O–H groups in total. The van der Waals surface area contributed by atoms with Crippen LogP contribution in [0.15, 0.2) is 24.7 Å². The molecule has 0 bridgehead atoms. The molecule has 0 radical (unpaired) electrons. The fourth-order valence-electron chi connectivity index (χ4n) is 3.20. The largest absolute Gasteiger partial charge is 0.453 e. The molecule has 0 spiro atoms. The van der Waals surface area contributed by atoms with E-state index in [-0.39, 0.29) is 5.92 Å². The Kier molecular flexibility index (Phi) is 5.24. The number of nitrogens with one attached hydrogen (secondary N) is 1. The minimum atomic E-state index is -4.64. The van der Waals surface area contributed by atoms with E-state index in [0.29, 0.717) is 12.2 Å². The van der Waals surface area contributed by atoms with E-state index in [1.165, 1.54) is 0 Å². The molecule has 3 rings (SSSR count). The first kappa shape index (κ1) is 18.3. The van der Waals surface area contributed by atoms with E-state index < -0.39 is 23.9 Å². The summed E-state index contributed by atoms with van der Waals surface area (Å²) in [4.78, 5) is 20.2. The van der Waals surface area contributed by atoms with Gasteiger partial charge in [-0.25, -0.2) is 14.6 Å². The van der Waals surface area contributed by atoms with Crippen molar-refractivity contribution in [3.8, 4) is 0 Å². The highest BCUT2D eigenvalue weighted by atomic mass is 19.4. The summed E-state index contributed by atoms with van der Waals surface area (Å²) in [6.07, 6.45) is 2.45. The van der Waals surface area contributed by atoms with Gasteiger partial charge < -0.3 is 5.32 Å². The number of hydrogen-bond donors (Lipinski definition) is 1. The number of amides is 1. The van der Waals surface area contributed by atoms with Crippen molar-refractivity contribution in [1.29, 1.82) is 0 Å². The standard InChI is InChI=1S/C17H20F3N5O/c1-11-6-7-14(21-9-11)23-15(26)13(8-12-4-2-3-5-12)25-10-22-16(24-25)17(18,19)20/h6-7,9-10,12-13H,2-5,8H2,1H3,(H,21,23,26)/t13-/m0/s1. The van der Waals surface area contributed by atoms with Gasteiger partial charge in [0.05, 0.1) is 0 Å². The van der Waals surface area contributed by atoms with Gasteiger partial charge in [0.2, 0.25) is 5.91 Å². The molecule has 6 nitrogen and oxygen atoms in total. The zero-order valence-electron chi connectivity index (χ0n) is 14.3. The zero-order valence-corrected chi connectivity index (χ0v) is 14.3. The van der Waals surface area contributed by atoms with Crippen LogP contribution in [0.25, 0.3) is 0 Å². The molecule has 2 aromatic rings. The van der Waals surface area contributed by atoms with E-state index in [1.807, 2.05) is 6.92 Å². The molecular formula is C17H20F3N5O. The number of anilines is 1. The van der Waals surface area contributed by atoms with Gasteiger partial charge in [-0.15, -0.1) is 5.10 Å². The van der Waals surface area contributed by atoms with E-state index in [1.54, 1.807) is 18.3 Å². The molecule has 2 heterocycles. The predicted molar refractivity (Wildman–Crippen MR) is 88.2 cm³/mol. The molecule has 1 atom stereocenters. The molecule has 1 aliphatic carbocycles. The lowest BCUT2D eigenvalue weighted by Gasteiger charge is -2.20. The van der Waals surface area contributed by atoms with Crippen molar-refractivity contribution in [3.05, 3.63) is 36.0 Å². The molecule has 0 aromatic carbocycles. The first-order valence-electron chi connectivity index (χ1n) is 8.55. The van der Waals surface area contributed by atoms with Crippen molar-refractivity contribution in [2.24, 2.45) is 5.92 Å². The first-order valence-corrected chi connectivity index (χ1v) is 8.55. The third kappa shape index (κ3) is 4.39. The maximum atomic E-state index is 12.8. The van der Waals surface area contributed by atoms with Crippen LogP contribution >= 0.6 is 0 Å². The van der Waals surface area contributed by atoms with Crippen molar-refractivity contribution in [2.75, 3.05) is 5.32 Å². The number of aromatic nitrogens is 4. The number of alkyl halides is 3. The Morgan fingerprint density at radius 1 is 1.31 bits per heavy atom. The summed E-state index contributed by atoms with van der Waals surface area (Å²) >= 11 is 0. The summed E-state index contributed by atoms with van der Waals surface area (Å²) in [6, 6.07) is 2.60. The van der Waals surface area contributed by atoms with Gasteiger partial charge in [0.15, 0.2) is 0 Å². The highest BCUT2D eigenvalue weighted by Crippen LogP contribution is 2.33. The maximum absolute atomic E-state index is 12.8. The number of nitrogens with zero attached hydrogens (tertiary/aromatic N) is 4. The number of carbonyl (C=O) groups is 1. The number of rotatable bonds is 5. The Morgan fingerprint density at radius 3 is 2.62 bits per heavy atom. The minimum absolute atomic E-state index is 0.287. The molecule has 1 aliphatic rings. The summed E-state index contributed by atoms with van der Waals surface area (Å²) in [5.74, 6) is -1.04. The number of halogens is 3. The normalized spacial score (nSPS) is 16.6. The summed E-state index contributed by atoms with van der Waals surface area (Å²) < 4.78 is 39.4.